The molecule has 34 heavy (non-hydrogen) atoms. The van der Waals surface area contributed by atoms with E-state index < -0.39 is 48.5 Å². The molecule has 0 amide bonds. The molecule has 168 valence electrons. The van der Waals surface area contributed by atoms with Gasteiger partial charge in [0.2, 0.25) is 0 Å². The van der Waals surface area contributed by atoms with Crippen molar-refractivity contribution in [2.75, 3.05) is 12.3 Å². The number of nitrogens with two attached hydrogens (primary N) is 1. The van der Waals surface area contributed by atoms with Gasteiger partial charge in [-0.05, 0) is 6.07 Å². The van der Waals surface area contributed by atoms with Crippen molar-refractivity contribution in [2.24, 2.45) is 0 Å². The van der Waals surface area contributed by atoms with E-state index >= 15 is 0 Å². The van der Waals surface area contributed by atoms with E-state index in [1.54, 1.807) is 12.3 Å². The third-order valence-electron chi connectivity index (χ3n) is 3.85. The van der Waals surface area contributed by atoms with Crippen LogP contribution >= 0.6 is 23.5 Å². The molecule has 0 aromatic carbocycles. The number of hydrogen-bond acceptors (Lipinski definition) is 15. The number of phosphoric acid groups is 3. The van der Waals surface area contributed by atoms with Gasteiger partial charge in [0, 0.05) is 12.6 Å². The molecule has 0 radical (unpaired) electrons. The zero-order valence-corrected chi connectivity index (χ0v) is 29.3. The summed E-state index contributed by atoms with van der Waals surface area (Å²) in [6.07, 6.45) is -0.498. The quantitative estimate of drug-likeness (QED) is 0.218. The van der Waals surface area contributed by atoms with Gasteiger partial charge in [0.25, 0.3) is 15.6 Å². The van der Waals surface area contributed by atoms with Crippen LogP contribution in [-0.2, 0) is 31.6 Å². The Labute approximate surface area is 281 Å². The summed E-state index contributed by atoms with van der Waals surface area (Å²) < 4.78 is 50.9. The number of nitrogen functional groups attached to an aromatic ring is 1. The number of aliphatic hydroxyl groups is 1. The van der Waals surface area contributed by atoms with Crippen molar-refractivity contribution in [2.45, 2.75) is 24.9 Å². The van der Waals surface area contributed by atoms with Crippen LogP contribution in [0.2, 0.25) is 0 Å². The Morgan fingerprint density at radius 3 is 2.29 bits per heavy atom. The fourth-order valence-electron chi connectivity index (χ4n) is 2.71. The zero-order valence-electron chi connectivity index (χ0n) is 18.6. The molecule has 1 aliphatic heterocycles. The Hall–Kier alpha value is 2.75. The van der Waals surface area contributed by atoms with Crippen molar-refractivity contribution >= 4 is 40.3 Å². The van der Waals surface area contributed by atoms with E-state index in [1.807, 2.05) is 0 Å². The Bertz CT molecular complexity index is 1090. The van der Waals surface area contributed by atoms with E-state index in [2.05, 4.69) is 23.1 Å². The Morgan fingerprint density at radius 2 is 1.71 bits per heavy atom. The van der Waals surface area contributed by atoms with Gasteiger partial charge < -0.3 is 48.8 Å². The van der Waals surface area contributed by atoms with Gasteiger partial charge in [-0.3, -0.25) is 13.4 Å². The zero-order chi connectivity index (χ0) is 22.3. The summed E-state index contributed by atoms with van der Waals surface area (Å²) in [6, 6.07) is 1.61. The smallest absolute Gasteiger partial charge is 0.790 e. The molecule has 1 fully saturated rings. The number of aromatic nitrogens is 3. The van der Waals surface area contributed by atoms with Gasteiger partial charge >= 0.3 is 118 Å². The normalized spacial score (nSPS) is 23.4. The molecule has 0 spiro atoms. The predicted molar refractivity (Wildman–Crippen MR) is 87.4 cm³/mol. The summed E-state index contributed by atoms with van der Waals surface area (Å²) in [6.45, 7) is -0.888. The second kappa shape index (κ2) is 15.5. The minimum atomic E-state index is -6.09. The first-order chi connectivity index (χ1) is 13.8. The first kappa shape index (κ1) is 38.9. The maximum absolute atomic E-state index is 11.6. The first-order valence-electron chi connectivity index (χ1n) is 7.88. The molecular formula is C11H13N4Na4O12P3. The number of rotatable bonds is 8. The van der Waals surface area contributed by atoms with Gasteiger partial charge in [0.05, 0.1) is 25.9 Å². The molecule has 2 aromatic heterocycles. The molecule has 1 aliphatic rings. The van der Waals surface area contributed by atoms with Crippen molar-refractivity contribution in [3.05, 3.63) is 18.6 Å². The monoisotopic (exact) mass is 578 g/mol. The second-order valence-electron chi connectivity index (χ2n) is 5.95. The van der Waals surface area contributed by atoms with Crippen molar-refractivity contribution in [1.29, 1.82) is 0 Å². The molecular weight excluding hydrogens is 565 g/mol. The van der Waals surface area contributed by atoms with Gasteiger partial charge in [-0.1, -0.05) is 0 Å². The Kier molecular flexibility index (Phi) is 17.7. The predicted octanol–water partition coefficient (Wildman–Crippen LogP) is -14.5. The second-order valence-corrected chi connectivity index (χ2v) is 10.2. The van der Waals surface area contributed by atoms with E-state index in [0.717, 1.165) is 0 Å². The topological polar surface area (TPSA) is 257 Å². The maximum Gasteiger partial charge on any atom is 1.00 e. The van der Waals surface area contributed by atoms with Gasteiger partial charge in [-0.25, -0.2) is 14.3 Å². The van der Waals surface area contributed by atoms with Crippen LogP contribution in [0, 0.1) is 0 Å². The molecule has 0 saturated carbocycles. The molecule has 2 unspecified atom stereocenters. The molecule has 3 N–H and O–H groups in total. The maximum atomic E-state index is 11.6. The minimum absolute atomic E-state index is 0. The fraction of sp³-hybridized carbons (Fsp3) is 0.455. The summed E-state index contributed by atoms with van der Waals surface area (Å²) in [5, 5.41) is 10.6. The summed E-state index contributed by atoms with van der Waals surface area (Å²) in [5.74, 6) is 0.214. The number of phosphoric ester groups is 1. The van der Waals surface area contributed by atoms with E-state index in [1.165, 1.54) is 10.9 Å². The van der Waals surface area contributed by atoms with E-state index in [9.17, 15) is 38.4 Å². The van der Waals surface area contributed by atoms with E-state index in [4.69, 9.17) is 10.5 Å². The van der Waals surface area contributed by atoms with Crippen LogP contribution in [0.1, 0.15) is 12.6 Å². The van der Waals surface area contributed by atoms with Crippen LogP contribution in [0.3, 0.4) is 0 Å². The Balaban J connectivity index is 0. The van der Waals surface area contributed by atoms with Crippen LogP contribution in [0.4, 0.5) is 5.82 Å². The van der Waals surface area contributed by atoms with Crippen LogP contribution in [0.15, 0.2) is 18.6 Å². The summed E-state index contributed by atoms with van der Waals surface area (Å²) in [7, 11) is -17.8. The van der Waals surface area contributed by atoms with Crippen molar-refractivity contribution < 1.29 is 174 Å². The van der Waals surface area contributed by atoms with E-state index in [-0.39, 0.29) is 130 Å². The minimum Gasteiger partial charge on any atom is -0.790 e. The number of hydrogen-bond donors (Lipinski definition) is 2. The van der Waals surface area contributed by atoms with Crippen molar-refractivity contribution in [3.8, 4) is 0 Å². The third kappa shape index (κ3) is 11.1. The summed E-state index contributed by atoms with van der Waals surface area (Å²) in [4.78, 5) is 51.2. The van der Waals surface area contributed by atoms with E-state index in [0.29, 0.717) is 11.0 Å². The molecule has 0 aliphatic carbocycles. The number of nitrogens with zero attached hydrogens (tertiary/aromatic N) is 3. The standard InChI is InChI=1S/C11H17N4O12P3.4Na/c12-10-6-1-2-15(11(6)14-5-13-10)9-3-7(16)8(25-9)4-24-29(20,21)27-30(22,23)26-28(17,18)19;;;;/h1-2,5,7-9,16H,3-4H2,(H,20,21)(H,22,23)(H2,12,13,14)(H2,17,18,19);;;;/q;4*+1/p-4/t7-,8-,9-;;;;/m1..../s1. The first-order valence-corrected chi connectivity index (χ1v) is 12.3. The van der Waals surface area contributed by atoms with Gasteiger partial charge in [0.1, 0.15) is 30.1 Å². The summed E-state index contributed by atoms with van der Waals surface area (Å²) >= 11 is 0. The van der Waals surface area contributed by atoms with Crippen LogP contribution in [-0.4, -0.2) is 38.5 Å². The number of ether oxygens (including phenoxy) is 1. The van der Waals surface area contributed by atoms with Crippen LogP contribution in [0.25, 0.3) is 11.0 Å². The molecule has 3 heterocycles. The molecule has 23 heteroatoms. The molecule has 0 bridgehead atoms. The average molecular weight is 578 g/mol. The number of aliphatic hydroxyl groups excluding tert-OH is 1. The summed E-state index contributed by atoms with van der Waals surface area (Å²) in [5.41, 5.74) is 6.13. The fourth-order valence-corrected chi connectivity index (χ4v) is 5.57. The average Bonchev–Trinajstić information content (AvgIpc) is 3.14. The molecule has 3 rings (SSSR count). The third-order valence-corrected chi connectivity index (χ3v) is 7.52. The molecule has 2 aromatic rings. The molecule has 1 saturated heterocycles. The SMILES string of the molecule is Nc1ncnc2c1ccn2[C@H]1C[C@@H](O)[C@@H](COP(=O)([O-])OP(=O)([O-])OP(=O)([O-])[O-])O1.[Na+].[Na+].[Na+].[Na+]. The van der Waals surface area contributed by atoms with Gasteiger partial charge in [-0.2, -0.15) is 0 Å². The van der Waals surface area contributed by atoms with Crippen molar-refractivity contribution in [3.63, 3.8) is 0 Å². The van der Waals surface area contributed by atoms with Gasteiger partial charge in [-0.15, -0.1) is 0 Å². The van der Waals surface area contributed by atoms with Gasteiger partial charge in [0.15, 0.2) is 0 Å². The Morgan fingerprint density at radius 1 is 1.09 bits per heavy atom. The van der Waals surface area contributed by atoms with Crippen molar-refractivity contribution in [1.82, 2.24) is 14.5 Å². The largest absolute Gasteiger partial charge is 1.00 e. The van der Waals surface area contributed by atoms with Crippen LogP contribution in [0.5, 0.6) is 0 Å². The number of anilines is 1. The molecule has 16 nitrogen and oxygen atoms in total. The number of fused-ring (bicyclic) bond motifs is 1. The van der Waals surface area contributed by atoms with Crippen LogP contribution < -0.4 is 144 Å². The molecule has 5 atom stereocenters.